The molecule has 3 heterocycles. The molecule has 0 aliphatic carbocycles. The van der Waals surface area contributed by atoms with Crippen molar-refractivity contribution in [3.63, 3.8) is 0 Å². The summed E-state index contributed by atoms with van der Waals surface area (Å²) in [6, 6.07) is 2.36. The predicted molar refractivity (Wildman–Crippen MR) is 92.1 cm³/mol. The number of amides is 1. The molecule has 2 aliphatic heterocycles. The van der Waals surface area contributed by atoms with Crippen LogP contribution in [0, 0.1) is 5.82 Å². The van der Waals surface area contributed by atoms with Crippen LogP contribution < -0.4 is 0 Å². The Labute approximate surface area is 154 Å². The Kier molecular flexibility index (Phi) is 3.63. The average molecular weight is 378 g/mol. The van der Waals surface area contributed by atoms with Gasteiger partial charge in [-0.05, 0) is 39.3 Å². The van der Waals surface area contributed by atoms with Gasteiger partial charge in [0.15, 0.2) is 5.69 Å². The minimum atomic E-state index is -0.669. The molecule has 0 bridgehead atoms. The zero-order valence-electron chi connectivity index (χ0n) is 14.5. The minimum Gasteiger partial charge on any atom is -0.455 e. The molecule has 0 spiro atoms. The largest absolute Gasteiger partial charge is 0.455 e. The number of hydrogen-bond donors (Lipinski definition) is 0. The SMILES string of the molecule is CC(C)(C)OC(=O)c1ncn2c1[C@@H]1CCN1C(=O)c1c-2ccc(F)c1Cl. The van der Waals surface area contributed by atoms with Crippen LogP contribution in [0.5, 0.6) is 0 Å². The summed E-state index contributed by atoms with van der Waals surface area (Å²) in [4.78, 5) is 31.3. The number of rotatable bonds is 1. The number of aromatic nitrogens is 2. The van der Waals surface area contributed by atoms with E-state index in [9.17, 15) is 14.0 Å². The van der Waals surface area contributed by atoms with Crippen LogP contribution in [0.4, 0.5) is 4.39 Å². The quantitative estimate of drug-likeness (QED) is 0.713. The number of halogens is 2. The number of fused-ring (bicyclic) bond motifs is 5. The van der Waals surface area contributed by atoms with Gasteiger partial charge in [0.2, 0.25) is 0 Å². The van der Waals surface area contributed by atoms with Crippen LogP contribution in [-0.2, 0) is 4.74 Å². The van der Waals surface area contributed by atoms with E-state index in [2.05, 4.69) is 4.98 Å². The molecule has 1 atom stereocenters. The fourth-order valence-corrected chi connectivity index (χ4v) is 3.60. The van der Waals surface area contributed by atoms with Gasteiger partial charge >= 0.3 is 5.97 Å². The number of nitrogens with zero attached hydrogens (tertiary/aromatic N) is 3. The van der Waals surface area contributed by atoms with E-state index in [1.54, 1.807) is 30.2 Å². The van der Waals surface area contributed by atoms with Gasteiger partial charge in [0.25, 0.3) is 5.91 Å². The first-order valence-corrected chi connectivity index (χ1v) is 8.67. The summed E-state index contributed by atoms with van der Waals surface area (Å²) in [7, 11) is 0. The molecule has 2 aromatic rings. The van der Waals surface area contributed by atoms with Gasteiger partial charge in [0, 0.05) is 6.54 Å². The first-order chi connectivity index (χ1) is 12.2. The summed E-state index contributed by atoms with van der Waals surface area (Å²) in [5, 5.41) is -0.224. The molecule has 0 saturated carbocycles. The van der Waals surface area contributed by atoms with Crippen molar-refractivity contribution in [1.82, 2.24) is 14.5 Å². The number of carbonyl (C=O) groups is 2. The second-order valence-corrected chi connectivity index (χ2v) is 7.79. The Morgan fingerprint density at radius 1 is 1.38 bits per heavy atom. The molecule has 8 heteroatoms. The molecule has 6 nitrogen and oxygen atoms in total. The second kappa shape index (κ2) is 5.54. The van der Waals surface area contributed by atoms with E-state index in [-0.39, 0.29) is 28.2 Å². The van der Waals surface area contributed by atoms with Crippen molar-refractivity contribution in [3.8, 4) is 5.69 Å². The Morgan fingerprint density at radius 2 is 2.12 bits per heavy atom. The van der Waals surface area contributed by atoms with Crippen LogP contribution in [0.25, 0.3) is 5.69 Å². The van der Waals surface area contributed by atoms with Gasteiger partial charge in [-0.25, -0.2) is 14.2 Å². The van der Waals surface area contributed by atoms with Crippen LogP contribution >= 0.6 is 11.6 Å². The van der Waals surface area contributed by atoms with Crippen molar-refractivity contribution >= 4 is 23.5 Å². The van der Waals surface area contributed by atoms with Gasteiger partial charge in [-0.3, -0.25) is 9.36 Å². The van der Waals surface area contributed by atoms with Crippen molar-refractivity contribution in [3.05, 3.63) is 46.3 Å². The maximum atomic E-state index is 13.9. The highest BCUT2D eigenvalue weighted by Crippen LogP contribution is 2.43. The zero-order chi connectivity index (χ0) is 18.8. The number of benzene rings is 1. The Morgan fingerprint density at radius 3 is 2.73 bits per heavy atom. The van der Waals surface area contributed by atoms with Gasteiger partial charge in [-0.2, -0.15) is 0 Å². The van der Waals surface area contributed by atoms with Crippen LogP contribution in [0.1, 0.15) is 59.8 Å². The van der Waals surface area contributed by atoms with Crippen LogP contribution in [-0.4, -0.2) is 38.5 Å². The fraction of sp³-hybridized carbons (Fsp3) is 0.389. The summed E-state index contributed by atoms with van der Waals surface area (Å²) >= 11 is 6.09. The normalized spacial score (nSPS) is 18.4. The van der Waals surface area contributed by atoms with E-state index in [1.807, 2.05) is 0 Å². The van der Waals surface area contributed by atoms with E-state index in [0.29, 0.717) is 24.3 Å². The molecule has 0 unspecified atom stereocenters. The molecule has 1 fully saturated rings. The average Bonchev–Trinajstić information content (AvgIpc) is 2.88. The third-order valence-electron chi connectivity index (χ3n) is 4.54. The number of imidazole rings is 1. The summed E-state index contributed by atoms with van der Waals surface area (Å²) in [6.45, 7) is 5.83. The van der Waals surface area contributed by atoms with Crippen molar-refractivity contribution in [2.24, 2.45) is 0 Å². The minimum absolute atomic E-state index is 0.0863. The summed E-state index contributed by atoms with van der Waals surface area (Å²) in [5.74, 6) is -1.56. The molecule has 2 aliphatic rings. The fourth-order valence-electron chi connectivity index (χ4n) is 3.35. The molecule has 4 rings (SSSR count). The van der Waals surface area contributed by atoms with E-state index in [4.69, 9.17) is 16.3 Å². The molecule has 0 N–H and O–H groups in total. The molecule has 0 radical (unpaired) electrons. The first-order valence-electron chi connectivity index (χ1n) is 8.29. The molecule has 1 aromatic heterocycles. The van der Waals surface area contributed by atoms with Gasteiger partial charge in [0.1, 0.15) is 17.7 Å². The topological polar surface area (TPSA) is 64.4 Å². The standard InChI is InChI=1S/C18H17ClFN3O3/c1-18(2,3)26-17(25)14-15-11-6-7-22(11)16(24)12-10(23(15)8-21-14)5-4-9(20)13(12)19/h4-5,8,11H,6-7H2,1-3H3/t11-/m0/s1. The highest BCUT2D eigenvalue weighted by atomic mass is 35.5. The molecule has 1 amide bonds. The van der Waals surface area contributed by atoms with Crippen LogP contribution in [0.15, 0.2) is 18.5 Å². The second-order valence-electron chi connectivity index (χ2n) is 7.41. The van der Waals surface area contributed by atoms with Gasteiger partial charge in [-0.1, -0.05) is 11.6 Å². The number of hydrogen-bond acceptors (Lipinski definition) is 4. The number of ether oxygens (including phenoxy) is 1. The molecule has 1 saturated heterocycles. The van der Waals surface area contributed by atoms with Gasteiger partial charge < -0.3 is 9.64 Å². The lowest BCUT2D eigenvalue weighted by molar-refractivity contribution is 0.00537. The molecular formula is C18H17ClFN3O3. The Hall–Kier alpha value is -2.41. The maximum Gasteiger partial charge on any atom is 0.359 e. The monoisotopic (exact) mass is 377 g/mol. The maximum absolute atomic E-state index is 13.9. The lowest BCUT2D eigenvalue weighted by Gasteiger charge is -2.39. The van der Waals surface area contributed by atoms with Crippen molar-refractivity contribution < 1.29 is 18.7 Å². The lowest BCUT2D eigenvalue weighted by Crippen LogP contribution is -2.45. The third-order valence-corrected chi connectivity index (χ3v) is 4.91. The highest BCUT2D eigenvalue weighted by Gasteiger charge is 2.44. The highest BCUT2D eigenvalue weighted by molar-refractivity contribution is 6.34. The summed E-state index contributed by atoms with van der Waals surface area (Å²) in [5.41, 5.74) is 0.560. The molecule has 136 valence electrons. The van der Waals surface area contributed by atoms with Crippen LogP contribution in [0.2, 0.25) is 5.02 Å². The molecule has 1 aromatic carbocycles. The van der Waals surface area contributed by atoms with E-state index in [0.717, 1.165) is 0 Å². The Balaban J connectivity index is 1.92. The first kappa shape index (κ1) is 17.0. The molecule has 26 heavy (non-hydrogen) atoms. The van der Waals surface area contributed by atoms with E-state index in [1.165, 1.54) is 18.5 Å². The van der Waals surface area contributed by atoms with Crippen molar-refractivity contribution in [2.45, 2.75) is 38.8 Å². The van der Waals surface area contributed by atoms with Crippen molar-refractivity contribution in [2.75, 3.05) is 6.54 Å². The summed E-state index contributed by atoms with van der Waals surface area (Å²) < 4.78 is 21.0. The van der Waals surface area contributed by atoms with Crippen LogP contribution in [0.3, 0.4) is 0 Å². The van der Waals surface area contributed by atoms with E-state index < -0.39 is 17.4 Å². The van der Waals surface area contributed by atoms with E-state index >= 15 is 0 Å². The number of carbonyl (C=O) groups excluding carboxylic acids is 2. The number of esters is 1. The smallest absolute Gasteiger partial charge is 0.359 e. The molecular weight excluding hydrogens is 361 g/mol. The van der Waals surface area contributed by atoms with Gasteiger partial charge in [0.05, 0.1) is 28.0 Å². The lowest BCUT2D eigenvalue weighted by atomic mass is 9.97. The Bertz CT molecular complexity index is 948. The van der Waals surface area contributed by atoms with Gasteiger partial charge in [-0.15, -0.1) is 0 Å². The predicted octanol–water partition coefficient (Wildman–Crippen LogP) is 3.52. The summed E-state index contributed by atoms with van der Waals surface area (Å²) in [6.07, 6.45) is 2.14. The zero-order valence-corrected chi connectivity index (χ0v) is 15.3. The van der Waals surface area contributed by atoms with Crippen molar-refractivity contribution in [1.29, 1.82) is 0 Å². The third kappa shape index (κ3) is 2.41.